The van der Waals surface area contributed by atoms with Gasteiger partial charge in [0.2, 0.25) is 0 Å². The van der Waals surface area contributed by atoms with Crippen LogP contribution in [0.2, 0.25) is 0 Å². The predicted molar refractivity (Wildman–Crippen MR) is 71.1 cm³/mol. The second kappa shape index (κ2) is 8.90. The third-order valence-electron chi connectivity index (χ3n) is 2.24. The van der Waals surface area contributed by atoms with Gasteiger partial charge in [-0.25, -0.2) is 0 Å². The maximum absolute atomic E-state index is 12.8. The summed E-state index contributed by atoms with van der Waals surface area (Å²) in [6.07, 6.45) is 0.0500. The first-order valence-electron chi connectivity index (χ1n) is 5.58. The van der Waals surface area contributed by atoms with Crippen molar-refractivity contribution in [2.45, 2.75) is 4.90 Å². The molecule has 0 aliphatic carbocycles. The molecule has 3 nitrogen and oxygen atoms in total. The molecule has 1 aromatic rings. The molecule has 0 unspecified atom stereocenters. The van der Waals surface area contributed by atoms with Crippen LogP contribution in [-0.4, -0.2) is 33.4 Å². The molecule has 0 aliphatic rings. The van der Waals surface area contributed by atoms with E-state index in [2.05, 4.69) is 0 Å². The monoisotopic (exact) mass is 290 g/mol. The van der Waals surface area contributed by atoms with Crippen molar-refractivity contribution in [3.05, 3.63) is 35.9 Å². The Hall–Kier alpha value is -1.11. The molecule has 0 atom stereocenters. The Morgan fingerprint density at radius 1 is 1.16 bits per heavy atom. The lowest BCUT2D eigenvalue weighted by Gasteiger charge is -2.10. The summed E-state index contributed by atoms with van der Waals surface area (Å²) >= 11 is 1.54. The van der Waals surface area contributed by atoms with Crippen molar-refractivity contribution in [3.63, 3.8) is 0 Å². The summed E-state index contributed by atoms with van der Waals surface area (Å²) < 4.78 is 40.3. The van der Waals surface area contributed by atoms with Gasteiger partial charge >= 0.3 is 6.08 Å². The molecule has 0 bridgehead atoms. The van der Waals surface area contributed by atoms with E-state index in [1.807, 2.05) is 6.26 Å². The lowest BCUT2D eigenvalue weighted by molar-refractivity contribution is -0.0236. The number of thioether (sulfide) groups is 1. The first-order chi connectivity index (χ1) is 9.19. The summed E-state index contributed by atoms with van der Waals surface area (Å²) in [6.45, 7) is 0.451. The normalized spacial score (nSPS) is 10.3. The first-order valence-corrected chi connectivity index (χ1v) is 6.80. The van der Waals surface area contributed by atoms with Gasteiger partial charge in [0.1, 0.15) is 0 Å². The van der Waals surface area contributed by atoms with Gasteiger partial charge in [-0.2, -0.15) is 8.78 Å². The minimum absolute atomic E-state index is 0.236. The van der Waals surface area contributed by atoms with Crippen molar-refractivity contribution >= 4 is 17.5 Å². The van der Waals surface area contributed by atoms with Crippen LogP contribution in [0.4, 0.5) is 8.78 Å². The molecule has 19 heavy (non-hydrogen) atoms. The van der Waals surface area contributed by atoms with Crippen molar-refractivity contribution in [2.75, 3.05) is 33.4 Å². The van der Waals surface area contributed by atoms with Gasteiger partial charge in [0, 0.05) is 17.6 Å². The number of ether oxygens (including phenoxy) is 3. The van der Waals surface area contributed by atoms with Gasteiger partial charge in [-0.1, -0.05) is 0 Å². The van der Waals surface area contributed by atoms with Gasteiger partial charge < -0.3 is 14.2 Å². The van der Waals surface area contributed by atoms with Crippen LogP contribution < -0.4 is 0 Å². The van der Waals surface area contributed by atoms with Crippen molar-refractivity contribution < 1.29 is 23.0 Å². The summed E-state index contributed by atoms with van der Waals surface area (Å²) in [6, 6.07) is 6.71. The molecule has 0 saturated carbocycles. The van der Waals surface area contributed by atoms with E-state index in [-0.39, 0.29) is 6.79 Å². The van der Waals surface area contributed by atoms with Crippen molar-refractivity contribution in [1.82, 2.24) is 0 Å². The highest BCUT2D eigenvalue weighted by Gasteiger charge is 2.11. The predicted octanol–water partition coefficient (Wildman–Crippen LogP) is 3.61. The van der Waals surface area contributed by atoms with E-state index >= 15 is 0 Å². The third kappa shape index (κ3) is 5.59. The molecule has 0 N–H and O–H groups in total. The number of hydrogen-bond donors (Lipinski definition) is 0. The maximum Gasteiger partial charge on any atom is 0.312 e. The van der Waals surface area contributed by atoms with Gasteiger partial charge in [0.25, 0.3) is 0 Å². The Morgan fingerprint density at radius 2 is 1.84 bits per heavy atom. The summed E-state index contributed by atoms with van der Waals surface area (Å²) in [4.78, 5) is 0.999. The minimum atomic E-state index is -1.87. The first kappa shape index (κ1) is 15.9. The number of hydrogen-bond acceptors (Lipinski definition) is 4. The lowest BCUT2D eigenvalue weighted by Crippen LogP contribution is -2.06. The van der Waals surface area contributed by atoms with Gasteiger partial charge in [0.15, 0.2) is 12.6 Å². The van der Waals surface area contributed by atoms with Gasteiger partial charge in [-0.05, 0) is 30.5 Å². The van der Waals surface area contributed by atoms with E-state index < -0.39 is 11.8 Å². The molecule has 1 rings (SSSR count). The van der Waals surface area contributed by atoms with Crippen LogP contribution in [0.5, 0.6) is 0 Å². The summed E-state index contributed by atoms with van der Waals surface area (Å²) in [5.41, 5.74) is 0.327. The number of halogens is 2. The quantitative estimate of drug-likeness (QED) is 0.316. The van der Waals surface area contributed by atoms with Crippen LogP contribution >= 0.6 is 11.8 Å². The van der Waals surface area contributed by atoms with Gasteiger partial charge in [-0.3, -0.25) is 0 Å². The average molecular weight is 290 g/mol. The Balaban J connectivity index is 2.60. The highest BCUT2D eigenvalue weighted by Crippen LogP contribution is 2.24. The van der Waals surface area contributed by atoms with Crippen molar-refractivity contribution in [2.24, 2.45) is 0 Å². The zero-order chi connectivity index (χ0) is 14.1. The second-order valence-electron chi connectivity index (χ2n) is 3.48. The molecule has 1 aromatic carbocycles. The van der Waals surface area contributed by atoms with Crippen LogP contribution in [0, 0.1) is 0 Å². The van der Waals surface area contributed by atoms with Crippen molar-refractivity contribution in [3.8, 4) is 0 Å². The van der Waals surface area contributed by atoms with Crippen LogP contribution in [0.1, 0.15) is 5.56 Å². The molecule has 0 spiro atoms. The van der Waals surface area contributed by atoms with E-state index in [0.29, 0.717) is 18.8 Å². The molecule has 0 aliphatic heterocycles. The fourth-order valence-electron chi connectivity index (χ4n) is 1.29. The fraction of sp³-hybridized carbons (Fsp3) is 0.385. The standard InChI is InChI=1S/C13H16F2O3S/c1-16-7-8-17-9-18-12(13(14)15)10-3-5-11(19-2)6-4-10/h3-6H,7-9H2,1-2H3. The maximum atomic E-state index is 12.8. The third-order valence-corrected chi connectivity index (χ3v) is 2.99. The lowest BCUT2D eigenvalue weighted by atomic mass is 10.2. The number of rotatable bonds is 8. The van der Waals surface area contributed by atoms with E-state index in [1.54, 1.807) is 36.0 Å². The average Bonchev–Trinajstić information content (AvgIpc) is 2.43. The van der Waals surface area contributed by atoms with Crippen LogP contribution in [0.3, 0.4) is 0 Å². The van der Waals surface area contributed by atoms with E-state index in [0.717, 1.165) is 4.90 Å². The fourth-order valence-corrected chi connectivity index (χ4v) is 1.70. The zero-order valence-corrected chi connectivity index (χ0v) is 11.6. The molecular weight excluding hydrogens is 274 g/mol. The smallest absolute Gasteiger partial charge is 0.312 e. The minimum Gasteiger partial charge on any atom is -0.461 e. The zero-order valence-electron chi connectivity index (χ0n) is 10.8. The van der Waals surface area contributed by atoms with E-state index in [4.69, 9.17) is 14.2 Å². The van der Waals surface area contributed by atoms with Gasteiger partial charge in [-0.15, -0.1) is 11.8 Å². The number of benzene rings is 1. The molecule has 0 amide bonds. The Kier molecular flexibility index (Phi) is 7.47. The molecule has 0 radical (unpaired) electrons. The molecule has 0 heterocycles. The molecule has 6 heteroatoms. The van der Waals surface area contributed by atoms with Crippen LogP contribution in [0.15, 0.2) is 35.2 Å². The Bertz CT molecular complexity index is 403. The van der Waals surface area contributed by atoms with Crippen LogP contribution in [0.25, 0.3) is 5.76 Å². The molecule has 0 saturated heterocycles. The number of methoxy groups -OCH3 is 1. The van der Waals surface area contributed by atoms with Crippen LogP contribution in [-0.2, 0) is 14.2 Å². The SMILES string of the molecule is COCCOCOC(=C(F)F)c1ccc(SC)cc1. The molecule has 0 fully saturated rings. The largest absolute Gasteiger partial charge is 0.461 e. The summed E-state index contributed by atoms with van der Waals surface area (Å²) in [5, 5.41) is 0. The second-order valence-corrected chi connectivity index (χ2v) is 4.36. The van der Waals surface area contributed by atoms with Gasteiger partial charge in [0.05, 0.1) is 13.2 Å². The Morgan fingerprint density at radius 3 is 2.37 bits per heavy atom. The molecule has 106 valence electrons. The Labute approximate surface area is 115 Å². The van der Waals surface area contributed by atoms with E-state index in [9.17, 15) is 8.78 Å². The highest BCUT2D eigenvalue weighted by molar-refractivity contribution is 7.98. The summed E-state index contributed by atoms with van der Waals surface area (Å²) in [5.74, 6) is -0.454. The molecule has 0 aromatic heterocycles. The summed E-state index contributed by atoms with van der Waals surface area (Å²) in [7, 11) is 1.53. The topological polar surface area (TPSA) is 27.7 Å². The highest BCUT2D eigenvalue weighted by atomic mass is 32.2. The molecular formula is C13H16F2O3S. The van der Waals surface area contributed by atoms with E-state index in [1.165, 1.54) is 7.11 Å². The van der Waals surface area contributed by atoms with Crippen molar-refractivity contribution in [1.29, 1.82) is 0 Å².